The molecule has 0 fully saturated rings. The highest BCUT2D eigenvalue weighted by molar-refractivity contribution is 5.65. The van der Waals surface area contributed by atoms with Crippen molar-refractivity contribution in [1.29, 1.82) is 0 Å². The van der Waals surface area contributed by atoms with Crippen molar-refractivity contribution in [2.45, 2.75) is 59.3 Å². The van der Waals surface area contributed by atoms with E-state index in [1.54, 1.807) is 0 Å². The van der Waals surface area contributed by atoms with Crippen molar-refractivity contribution in [1.82, 2.24) is 0 Å². The smallest absolute Gasteiger partial charge is 0.302 e. The number of carbonyl (C=O) groups is 1. The molecule has 2 nitrogen and oxygen atoms in total. The number of ether oxygens (including phenoxy) is 1. The van der Waals surface area contributed by atoms with Gasteiger partial charge in [0.15, 0.2) is 0 Å². The van der Waals surface area contributed by atoms with E-state index >= 15 is 0 Å². The van der Waals surface area contributed by atoms with Crippen LogP contribution >= 0.6 is 0 Å². The number of methoxy groups -OCH3 is 1. The lowest BCUT2D eigenvalue weighted by molar-refractivity contribution is -0.137. The van der Waals surface area contributed by atoms with Crippen LogP contribution < -0.4 is 0 Å². The molecule has 0 N–H and O–H groups in total. The minimum atomic E-state index is -0.245. The third-order valence-electron chi connectivity index (χ3n) is 1.74. The molecule has 0 heterocycles. The summed E-state index contributed by atoms with van der Waals surface area (Å²) in [5.74, 6) is -0.245. The summed E-state index contributed by atoms with van der Waals surface area (Å²) in [6.07, 6.45) is 8.49. The maximum atomic E-state index is 9.59. The molecule has 2 heteroatoms. The molecule has 0 aromatic carbocycles. The molecule has 0 aliphatic rings. The van der Waals surface area contributed by atoms with E-state index in [0.717, 1.165) is 0 Å². The van der Waals surface area contributed by atoms with Crippen LogP contribution in [0.5, 0.6) is 0 Å². The van der Waals surface area contributed by atoms with Gasteiger partial charge in [-0.3, -0.25) is 4.79 Å². The molecule has 0 radical (unpaired) electrons. The largest absolute Gasteiger partial charge is 0.469 e. The number of esters is 1. The summed E-state index contributed by atoms with van der Waals surface area (Å²) >= 11 is 0. The number of rotatable bonds is 5. The van der Waals surface area contributed by atoms with Crippen LogP contribution in [0.25, 0.3) is 0 Å². The van der Waals surface area contributed by atoms with E-state index in [1.165, 1.54) is 52.6 Å². The second-order valence-electron chi connectivity index (χ2n) is 3.11. The molecule has 0 aromatic heterocycles. The average molecular weight is 188 g/mol. The topological polar surface area (TPSA) is 26.3 Å². The number of hydrogen-bond donors (Lipinski definition) is 0. The molecule has 80 valence electrons. The molecule has 0 saturated carbocycles. The van der Waals surface area contributed by atoms with Crippen molar-refractivity contribution < 1.29 is 9.53 Å². The minimum Gasteiger partial charge on any atom is -0.469 e. The van der Waals surface area contributed by atoms with Gasteiger partial charge in [0.2, 0.25) is 0 Å². The summed E-state index contributed by atoms with van der Waals surface area (Å²) in [6, 6.07) is 0. The Morgan fingerprint density at radius 3 is 1.46 bits per heavy atom. The zero-order chi connectivity index (χ0) is 10.5. The molecule has 0 saturated heterocycles. The molecule has 0 rings (SSSR count). The Morgan fingerprint density at radius 2 is 1.31 bits per heavy atom. The summed E-state index contributed by atoms with van der Waals surface area (Å²) in [5.41, 5.74) is 0. The van der Waals surface area contributed by atoms with Crippen LogP contribution in [-0.4, -0.2) is 13.1 Å². The molecule has 0 unspecified atom stereocenters. The highest BCUT2D eigenvalue weighted by Crippen LogP contribution is 2.03. The van der Waals surface area contributed by atoms with E-state index in [9.17, 15) is 4.79 Å². The lowest BCUT2D eigenvalue weighted by Gasteiger charge is -1.93. The molecule has 0 aliphatic carbocycles. The van der Waals surface area contributed by atoms with Crippen LogP contribution in [-0.2, 0) is 9.53 Å². The summed E-state index contributed by atoms with van der Waals surface area (Å²) in [6.45, 7) is 5.87. The molecule has 0 amide bonds. The van der Waals surface area contributed by atoms with Gasteiger partial charge < -0.3 is 4.74 Å². The number of carbonyl (C=O) groups excluding carboxylic acids is 1. The molecular formula is C11H24O2. The maximum Gasteiger partial charge on any atom is 0.302 e. The van der Waals surface area contributed by atoms with Crippen molar-refractivity contribution in [3.8, 4) is 0 Å². The first-order valence-corrected chi connectivity index (χ1v) is 5.23. The Balaban J connectivity index is 0. The highest BCUT2D eigenvalue weighted by atomic mass is 16.5. The Labute approximate surface area is 82.7 Å². The van der Waals surface area contributed by atoms with Gasteiger partial charge in [-0.15, -0.1) is 0 Å². The second kappa shape index (κ2) is 14.0. The van der Waals surface area contributed by atoms with Gasteiger partial charge in [0.05, 0.1) is 7.11 Å². The Morgan fingerprint density at radius 1 is 1.00 bits per heavy atom. The first-order chi connectivity index (χ1) is 6.18. The quantitative estimate of drug-likeness (QED) is 0.487. The van der Waals surface area contributed by atoms with E-state index in [4.69, 9.17) is 0 Å². The van der Waals surface area contributed by atoms with Gasteiger partial charge in [-0.2, -0.15) is 0 Å². The SMILES string of the molecule is CCCCCCCC.COC(C)=O. The van der Waals surface area contributed by atoms with Crippen LogP contribution in [0.1, 0.15) is 59.3 Å². The van der Waals surface area contributed by atoms with Crippen LogP contribution in [0, 0.1) is 0 Å². The van der Waals surface area contributed by atoms with Crippen molar-refractivity contribution in [3.05, 3.63) is 0 Å². The van der Waals surface area contributed by atoms with Crippen molar-refractivity contribution in [2.75, 3.05) is 7.11 Å². The van der Waals surface area contributed by atoms with E-state index in [-0.39, 0.29) is 5.97 Å². The van der Waals surface area contributed by atoms with Gasteiger partial charge in [-0.1, -0.05) is 52.4 Å². The third kappa shape index (κ3) is 24.6. The molecule has 13 heavy (non-hydrogen) atoms. The van der Waals surface area contributed by atoms with Gasteiger partial charge >= 0.3 is 5.97 Å². The zero-order valence-corrected chi connectivity index (χ0v) is 9.56. The van der Waals surface area contributed by atoms with E-state index in [0.29, 0.717) is 0 Å². The Hall–Kier alpha value is -0.530. The predicted octanol–water partition coefficient (Wildman–Crippen LogP) is 3.55. The first-order valence-electron chi connectivity index (χ1n) is 5.23. The number of unbranched alkanes of at least 4 members (excludes halogenated alkanes) is 5. The first kappa shape index (κ1) is 15.0. The monoisotopic (exact) mass is 188 g/mol. The highest BCUT2D eigenvalue weighted by Gasteiger charge is 1.83. The molecule has 0 aliphatic heterocycles. The van der Waals surface area contributed by atoms with Gasteiger partial charge in [0, 0.05) is 6.92 Å². The van der Waals surface area contributed by atoms with Gasteiger partial charge in [-0.25, -0.2) is 0 Å². The van der Waals surface area contributed by atoms with E-state index < -0.39 is 0 Å². The fourth-order valence-electron chi connectivity index (χ4n) is 0.854. The normalized spacial score (nSPS) is 8.62. The summed E-state index contributed by atoms with van der Waals surface area (Å²) < 4.78 is 4.11. The van der Waals surface area contributed by atoms with Gasteiger partial charge in [0.1, 0.15) is 0 Å². The van der Waals surface area contributed by atoms with E-state index in [2.05, 4.69) is 18.6 Å². The van der Waals surface area contributed by atoms with Gasteiger partial charge in [-0.05, 0) is 0 Å². The summed E-state index contributed by atoms with van der Waals surface area (Å²) in [7, 11) is 1.35. The van der Waals surface area contributed by atoms with Crippen LogP contribution in [0.3, 0.4) is 0 Å². The van der Waals surface area contributed by atoms with Crippen LogP contribution in [0.4, 0.5) is 0 Å². The average Bonchev–Trinajstić information content (AvgIpc) is 2.14. The fourth-order valence-corrected chi connectivity index (χ4v) is 0.854. The van der Waals surface area contributed by atoms with Gasteiger partial charge in [0.25, 0.3) is 0 Å². The Bertz CT molecular complexity index is 94.3. The summed E-state index contributed by atoms with van der Waals surface area (Å²) in [5, 5.41) is 0. The van der Waals surface area contributed by atoms with Crippen molar-refractivity contribution in [2.24, 2.45) is 0 Å². The fraction of sp³-hybridized carbons (Fsp3) is 0.909. The zero-order valence-electron chi connectivity index (χ0n) is 9.56. The van der Waals surface area contributed by atoms with Crippen molar-refractivity contribution >= 4 is 5.97 Å². The standard InChI is InChI=1S/C8H18.C3H6O2/c1-3-5-7-8-6-4-2;1-3(4)5-2/h3-8H2,1-2H3;1-2H3. The lowest BCUT2D eigenvalue weighted by atomic mass is 10.1. The summed E-state index contributed by atoms with van der Waals surface area (Å²) in [4.78, 5) is 9.59. The third-order valence-corrected chi connectivity index (χ3v) is 1.74. The minimum absolute atomic E-state index is 0.245. The molecular weight excluding hydrogens is 164 g/mol. The second-order valence-corrected chi connectivity index (χ2v) is 3.11. The van der Waals surface area contributed by atoms with Crippen molar-refractivity contribution in [3.63, 3.8) is 0 Å². The lowest BCUT2D eigenvalue weighted by Crippen LogP contribution is -1.88. The molecule has 0 spiro atoms. The van der Waals surface area contributed by atoms with E-state index in [1.807, 2.05) is 0 Å². The molecule has 0 bridgehead atoms. The Kier molecular flexibility index (Phi) is 16.1. The van der Waals surface area contributed by atoms with Crippen LogP contribution in [0.15, 0.2) is 0 Å². The van der Waals surface area contributed by atoms with Crippen LogP contribution in [0.2, 0.25) is 0 Å². The predicted molar refractivity (Wildman–Crippen MR) is 56.7 cm³/mol. The molecule has 0 atom stereocenters. The maximum absolute atomic E-state index is 9.59. The molecule has 0 aromatic rings. The number of hydrogen-bond acceptors (Lipinski definition) is 2.